The standard InChI is InChI=1S/C8H9NO4S/c1-4(7(9)10)13-5-2-3-14-6(5)8(11)12/h2-4H,1H3,(H2,9,10)(H,11,12). The molecular formula is C8H9NO4S. The van der Waals surface area contributed by atoms with Crippen LogP contribution in [0.5, 0.6) is 5.75 Å². The summed E-state index contributed by atoms with van der Waals surface area (Å²) in [7, 11) is 0. The van der Waals surface area contributed by atoms with Crippen LogP contribution < -0.4 is 10.5 Å². The third kappa shape index (κ3) is 2.23. The van der Waals surface area contributed by atoms with Crippen molar-refractivity contribution in [3.05, 3.63) is 16.3 Å². The summed E-state index contributed by atoms with van der Waals surface area (Å²) in [5.74, 6) is -1.53. The fourth-order valence-corrected chi connectivity index (χ4v) is 1.46. The van der Waals surface area contributed by atoms with E-state index in [1.165, 1.54) is 13.0 Å². The summed E-state index contributed by atoms with van der Waals surface area (Å²) < 4.78 is 5.06. The Bertz CT molecular complexity index is 360. The first-order valence-electron chi connectivity index (χ1n) is 3.79. The van der Waals surface area contributed by atoms with E-state index < -0.39 is 18.0 Å². The predicted molar refractivity (Wildman–Crippen MR) is 50.6 cm³/mol. The van der Waals surface area contributed by atoms with Crippen LogP contribution in [0.25, 0.3) is 0 Å². The highest BCUT2D eigenvalue weighted by Gasteiger charge is 2.17. The Labute approximate surface area is 84.1 Å². The van der Waals surface area contributed by atoms with E-state index in [9.17, 15) is 9.59 Å². The molecule has 1 aromatic heterocycles. The first kappa shape index (κ1) is 10.5. The Morgan fingerprint density at radius 2 is 2.29 bits per heavy atom. The van der Waals surface area contributed by atoms with Gasteiger partial charge in [0.1, 0.15) is 5.75 Å². The molecule has 0 saturated heterocycles. The number of thiophene rings is 1. The molecule has 1 unspecified atom stereocenters. The van der Waals surface area contributed by atoms with Gasteiger partial charge in [0.2, 0.25) is 0 Å². The molecule has 0 spiro atoms. The van der Waals surface area contributed by atoms with Crippen LogP contribution in [0.1, 0.15) is 16.6 Å². The van der Waals surface area contributed by atoms with Gasteiger partial charge in [0.05, 0.1) is 0 Å². The zero-order chi connectivity index (χ0) is 10.7. The third-order valence-electron chi connectivity index (χ3n) is 1.53. The maximum absolute atomic E-state index is 10.7. The number of carboxylic acids is 1. The van der Waals surface area contributed by atoms with E-state index >= 15 is 0 Å². The second kappa shape index (κ2) is 4.10. The number of amides is 1. The molecule has 1 aromatic rings. The molecule has 0 aromatic carbocycles. The number of hydrogen-bond acceptors (Lipinski definition) is 4. The molecule has 1 rings (SSSR count). The number of rotatable bonds is 4. The summed E-state index contributed by atoms with van der Waals surface area (Å²) in [4.78, 5) is 21.4. The van der Waals surface area contributed by atoms with Gasteiger partial charge >= 0.3 is 5.97 Å². The van der Waals surface area contributed by atoms with Crippen LogP contribution in [0.2, 0.25) is 0 Å². The number of carbonyl (C=O) groups excluding carboxylic acids is 1. The number of ether oxygens (including phenoxy) is 1. The number of carboxylic acid groups (broad SMARTS) is 1. The molecule has 14 heavy (non-hydrogen) atoms. The first-order chi connectivity index (χ1) is 6.52. The lowest BCUT2D eigenvalue weighted by Crippen LogP contribution is -2.30. The highest BCUT2D eigenvalue weighted by molar-refractivity contribution is 7.12. The summed E-state index contributed by atoms with van der Waals surface area (Å²) >= 11 is 1.03. The first-order valence-corrected chi connectivity index (χ1v) is 4.67. The van der Waals surface area contributed by atoms with E-state index in [0.29, 0.717) is 0 Å². The Kier molecular flexibility index (Phi) is 3.08. The van der Waals surface area contributed by atoms with Gasteiger partial charge in [-0.25, -0.2) is 4.79 Å². The van der Waals surface area contributed by atoms with Crippen molar-refractivity contribution in [3.8, 4) is 5.75 Å². The van der Waals surface area contributed by atoms with Crippen molar-refractivity contribution in [1.82, 2.24) is 0 Å². The summed E-state index contributed by atoms with van der Waals surface area (Å²) in [6.07, 6.45) is -0.831. The molecular weight excluding hydrogens is 206 g/mol. The van der Waals surface area contributed by atoms with Crippen molar-refractivity contribution in [2.75, 3.05) is 0 Å². The predicted octanol–water partition coefficient (Wildman–Crippen LogP) is 0.699. The zero-order valence-electron chi connectivity index (χ0n) is 7.39. The van der Waals surface area contributed by atoms with Crippen LogP contribution in [-0.2, 0) is 4.79 Å². The zero-order valence-corrected chi connectivity index (χ0v) is 8.21. The van der Waals surface area contributed by atoms with Crippen molar-refractivity contribution in [3.63, 3.8) is 0 Å². The topological polar surface area (TPSA) is 89.6 Å². The minimum absolute atomic E-state index is 0.0677. The fraction of sp³-hybridized carbons (Fsp3) is 0.250. The van der Waals surface area contributed by atoms with Crippen molar-refractivity contribution in [1.29, 1.82) is 0 Å². The van der Waals surface area contributed by atoms with Crippen LogP contribution in [0.4, 0.5) is 0 Å². The molecule has 1 heterocycles. The average Bonchev–Trinajstić information content (AvgIpc) is 2.52. The van der Waals surface area contributed by atoms with Gasteiger partial charge in [0.25, 0.3) is 5.91 Å². The van der Waals surface area contributed by atoms with Gasteiger partial charge in [-0.1, -0.05) is 0 Å². The Hall–Kier alpha value is -1.56. The largest absolute Gasteiger partial charge is 0.479 e. The lowest BCUT2D eigenvalue weighted by molar-refractivity contribution is -0.124. The lowest BCUT2D eigenvalue weighted by atomic mass is 10.3. The molecule has 3 N–H and O–H groups in total. The maximum atomic E-state index is 10.7. The van der Waals surface area contributed by atoms with Gasteiger partial charge in [-0.05, 0) is 18.4 Å². The molecule has 0 aliphatic heterocycles. The molecule has 0 radical (unpaired) electrons. The highest BCUT2D eigenvalue weighted by Crippen LogP contribution is 2.25. The van der Waals surface area contributed by atoms with Crippen molar-refractivity contribution < 1.29 is 19.4 Å². The normalized spacial score (nSPS) is 12.1. The molecule has 0 aliphatic carbocycles. The number of carbonyl (C=O) groups is 2. The Balaban J connectivity index is 2.81. The van der Waals surface area contributed by atoms with Crippen molar-refractivity contribution in [2.24, 2.45) is 5.73 Å². The molecule has 0 aliphatic rings. The summed E-state index contributed by atoms with van der Waals surface area (Å²) in [6.45, 7) is 1.46. The Morgan fingerprint density at radius 1 is 1.64 bits per heavy atom. The second-order valence-corrected chi connectivity index (χ2v) is 3.50. The molecule has 0 fully saturated rings. The smallest absolute Gasteiger partial charge is 0.349 e. The van der Waals surface area contributed by atoms with Gasteiger partial charge in [-0.2, -0.15) is 0 Å². The Morgan fingerprint density at radius 3 is 2.79 bits per heavy atom. The number of aromatic carboxylic acids is 1. The number of nitrogens with two attached hydrogens (primary N) is 1. The van der Waals surface area contributed by atoms with Gasteiger partial charge in [-0.15, -0.1) is 11.3 Å². The van der Waals surface area contributed by atoms with Crippen LogP contribution in [-0.4, -0.2) is 23.1 Å². The molecule has 0 bridgehead atoms. The molecule has 0 saturated carbocycles. The van der Waals surface area contributed by atoms with Crippen LogP contribution in [0.3, 0.4) is 0 Å². The quantitative estimate of drug-likeness (QED) is 0.773. The SMILES string of the molecule is CC(Oc1ccsc1C(=O)O)C(N)=O. The van der Waals surface area contributed by atoms with Crippen LogP contribution in [0.15, 0.2) is 11.4 Å². The summed E-state index contributed by atoms with van der Waals surface area (Å²) in [5.41, 5.74) is 4.97. The lowest BCUT2D eigenvalue weighted by Gasteiger charge is -2.09. The summed E-state index contributed by atoms with van der Waals surface area (Å²) in [5, 5.41) is 10.3. The maximum Gasteiger partial charge on any atom is 0.349 e. The minimum atomic E-state index is -1.08. The van der Waals surface area contributed by atoms with E-state index in [4.69, 9.17) is 15.6 Å². The van der Waals surface area contributed by atoms with Crippen LogP contribution in [0, 0.1) is 0 Å². The van der Waals surface area contributed by atoms with Gasteiger partial charge < -0.3 is 15.6 Å². The van der Waals surface area contributed by atoms with Crippen molar-refractivity contribution in [2.45, 2.75) is 13.0 Å². The minimum Gasteiger partial charge on any atom is -0.479 e. The van der Waals surface area contributed by atoms with E-state index in [1.54, 1.807) is 5.38 Å². The third-order valence-corrected chi connectivity index (χ3v) is 2.41. The molecule has 1 atom stereocenters. The van der Waals surface area contributed by atoms with E-state index in [0.717, 1.165) is 11.3 Å². The van der Waals surface area contributed by atoms with E-state index in [-0.39, 0.29) is 10.6 Å². The molecule has 76 valence electrons. The average molecular weight is 215 g/mol. The number of primary amides is 1. The molecule has 1 amide bonds. The fourth-order valence-electron chi connectivity index (χ4n) is 0.795. The van der Waals surface area contributed by atoms with E-state index in [2.05, 4.69) is 0 Å². The van der Waals surface area contributed by atoms with Crippen LogP contribution >= 0.6 is 11.3 Å². The van der Waals surface area contributed by atoms with Gasteiger partial charge in [0, 0.05) is 0 Å². The highest BCUT2D eigenvalue weighted by atomic mass is 32.1. The summed E-state index contributed by atoms with van der Waals surface area (Å²) in [6, 6.07) is 1.49. The van der Waals surface area contributed by atoms with E-state index in [1.807, 2.05) is 0 Å². The van der Waals surface area contributed by atoms with Crippen molar-refractivity contribution >= 4 is 23.2 Å². The number of hydrogen-bond donors (Lipinski definition) is 2. The van der Waals surface area contributed by atoms with Gasteiger partial charge in [0.15, 0.2) is 11.0 Å². The second-order valence-electron chi connectivity index (χ2n) is 2.58. The van der Waals surface area contributed by atoms with Gasteiger partial charge in [-0.3, -0.25) is 4.79 Å². The molecule has 5 nitrogen and oxygen atoms in total. The monoisotopic (exact) mass is 215 g/mol. The molecule has 6 heteroatoms.